The zero-order valence-corrected chi connectivity index (χ0v) is 13.9. The first-order valence-electron chi connectivity index (χ1n) is 7.19. The number of thiazole rings is 1. The summed E-state index contributed by atoms with van der Waals surface area (Å²) in [5.74, 6) is -0.940. The molecule has 118 valence electrons. The summed E-state index contributed by atoms with van der Waals surface area (Å²) >= 11 is 7.55. The predicted molar refractivity (Wildman–Crippen MR) is 95.9 cm³/mol. The summed E-state index contributed by atoms with van der Waals surface area (Å²) in [7, 11) is 0. The van der Waals surface area contributed by atoms with E-state index >= 15 is 0 Å². The number of aromatic nitrogens is 2. The van der Waals surface area contributed by atoms with Crippen molar-refractivity contribution in [2.75, 3.05) is 0 Å². The van der Waals surface area contributed by atoms with E-state index in [1.165, 1.54) is 11.3 Å². The number of halogens is 1. The number of carboxylic acids is 1. The fourth-order valence-electron chi connectivity index (χ4n) is 2.66. The molecular weight excluding hydrogens is 344 g/mol. The molecule has 1 N–H and O–H groups in total. The maximum Gasteiger partial charge on any atom is 0.337 e. The summed E-state index contributed by atoms with van der Waals surface area (Å²) in [6, 6.07) is 14.7. The third-order valence-electron chi connectivity index (χ3n) is 3.74. The van der Waals surface area contributed by atoms with E-state index in [4.69, 9.17) is 11.6 Å². The van der Waals surface area contributed by atoms with E-state index in [2.05, 4.69) is 4.98 Å². The van der Waals surface area contributed by atoms with Crippen LogP contribution in [-0.2, 0) is 0 Å². The Morgan fingerprint density at radius 2 is 2.04 bits per heavy atom. The quantitative estimate of drug-likeness (QED) is 0.558. The van der Waals surface area contributed by atoms with Gasteiger partial charge >= 0.3 is 5.97 Å². The lowest BCUT2D eigenvalue weighted by Crippen LogP contribution is -1.94. The Balaban J connectivity index is 1.86. The van der Waals surface area contributed by atoms with Gasteiger partial charge in [-0.25, -0.2) is 9.78 Å². The number of aromatic carboxylic acids is 1. The minimum Gasteiger partial charge on any atom is -0.478 e. The number of hydrogen-bond acceptors (Lipinski definition) is 3. The molecule has 0 atom stereocenters. The lowest BCUT2D eigenvalue weighted by atomic mass is 10.2. The van der Waals surface area contributed by atoms with Crippen LogP contribution in [0.25, 0.3) is 26.7 Å². The molecule has 0 aliphatic rings. The van der Waals surface area contributed by atoms with Gasteiger partial charge in [-0.15, -0.1) is 11.3 Å². The lowest BCUT2D eigenvalue weighted by Gasteiger charge is -1.99. The van der Waals surface area contributed by atoms with Crippen LogP contribution >= 0.6 is 22.9 Å². The molecule has 0 aliphatic heterocycles. The third kappa shape index (κ3) is 2.48. The maximum atomic E-state index is 11.5. The molecule has 4 rings (SSSR count). The van der Waals surface area contributed by atoms with Crippen molar-refractivity contribution in [3.63, 3.8) is 0 Å². The normalized spacial score (nSPS) is 11.0. The molecule has 3 aromatic heterocycles. The highest BCUT2D eigenvalue weighted by Crippen LogP contribution is 2.35. The van der Waals surface area contributed by atoms with Gasteiger partial charge in [0.1, 0.15) is 5.01 Å². The number of carboxylic acid groups (broad SMARTS) is 1. The van der Waals surface area contributed by atoms with Crippen LogP contribution in [0.2, 0.25) is 5.02 Å². The summed E-state index contributed by atoms with van der Waals surface area (Å²) in [6.45, 7) is 0. The van der Waals surface area contributed by atoms with Crippen molar-refractivity contribution < 1.29 is 9.90 Å². The lowest BCUT2D eigenvalue weighted by molar-refractivity contribution is 0.0699. The van der Waals surface area contributed by atoms with Gasteiger partial charge in [-0.3, -0.25) is 0 Å². The summed E-state index contributed by atoms with van der Waals surface area (Å²) < 4.78 is 1.87. The molecule has 0 bridgehead atoms. The second-order valence-corrected chi connectivity index (χ2v) is 6.71. The summed E-state index contributed by atoms with van der Waals surface area (Å²) in [4.78, 5) is 16.8. The van der Waals surface area contributed by atoms with Crippen LogP contribution in [0.5, 0.6) is 0 Å². The van der Waals surface area contributed by atoms with Crippen molar-refractivity contribution in [2.24, 2.45) is 0 Å². The van der Waals surface area contributed by atoms with Crippen LogP contribution in [0.1, 0.15) is 10.4 Å². The van der Waals surface area contributed by atoms with Crippen molar-refractivity contribution in [1.82, 2.24) is 9.38 Å². The molecule has 0 saturated carbocycles. The summed E-state index contributed by atoms with van der Waals surface area (Å²) in [5.41, 5.74) is 2.70. The Bertz CT molecular complexity index is 1070. The number of benzene rings is 1. The van der Waals surface area contributed by atoms with Crippen molar-refractivity contribution in [2.45, 2.75) is 0 Å². The minimum absolute atomic E-state index is 0.281. The van der Waals surface area contributed by atoms with Crippen LogP contribution in [0.3, 0.4) is 0 Å². The van der Waals surface area contributed by atoms with E-state index in [1.807, 2.05) is 47.0 Å². The van der Waals surface area contributed by atoms with Crippen LogP contribution in [0, 0.1) is 0 Å². The van der Waals surface area contributed by atoms with Crippen molar-refractivity contribution >= 4 is 34.4 Å². The highest BCUT2D eigenvalue weighted by atomic mass is 35.5. The van der Waals surface area contributed by atoms with E-state index < -0.39 is 5.97 Å². The van der Waals surface area contributed by atoms with Crippen LogP contribution < -0.4 is 0 Å². The molecule has 4 nitrogen and oxygen atoms in total. The fraction of sp³-hybridized carbons (Fsp3) is 0. The number of rotatable bonds is 3. The van der Waals surface area contributed by atoms with E-state index in [0.29, 0.717) is 10.5 Å². The first-order chi connectivity index (χ1) is 11.6. The zero-order valence-electron chi connectivity index (χ0n) is 12.3. The van der Waals surface area contributed by atoms with E-state index in [1.54, 1.807) is 18.3 Å². The van der Waals surface area contributed by atoms with Gasteiger partial charge in [-0.2, -0.15) is 0 Å². The second kappa shape index (κ2) is 5.78. The number of nitrogens with zero attached hydrogens (tertiary/aromatic N) is 2. The first kappa shape index (κ1) is 14.9. The van der Waals surface area contributed by atoms with Gasteiger partial charge in [0.15, 0.2) is 0 Å². The van der Waals surface area contributed by atoms with Crippen molar-refractivity contribution in [1.29, 1.82) is 0 Å². The maximum absolute atomic E-state index is 11.5. The Kier molecular flexibility index (Phi) is 3.59. The molecule has 0 aliphatic carbocycles. The molecule has 0 saturated heterocycles. The number of carbonyl (C=O) groups is 1. The molecule has 6 heteroatoms. The molecular formula is C18H11ClN2O2S. The number of pyridine rings is 1. The molecule has 1 aromatic carbocycles. The Hall–Kier alpha value is -2.63. The van der Waals surface area contributed by atoms with Crippen LogP contribution in [-0.4, -0.2) is 20.5 Å². The molecule has 3 heterocycles. The molecule has 0 spiro atoms. The Labute approximate surface area is 146 Å². The van der Waals surface area contributed by atoms with Gasteiger partial charge < -0.3 is 9.51 Å². The fourth-order valence-corrected chi connectivity index (χ4v) is 3.78. The third-order valence-corrected chi connectivity index (χ3v) is 5.04. The van der Waals surface area contributed by atoms with Crippen LogP contribution in [0.15, 0.2) is 60.9 Å². The average molecular weight is 355 g/mol. The number of hydrogen-bond donors (Lipinski definition) is 1. The van der Waals surface area contributed by atoms with Crippen molar-refractivity contribution in [3.05, 3.63) is 71.5 Å². The van der Waals surface area contributed by atoms with Gasteiger partial charge in [0, 0.05) is 23.0 Å². The smallest absolute Gasteiger partial charge is 0.337 e. The average Bonchev–Trinajstić information content (AvgIpc) is 3.19. The SMILES string of the molecule is O=C(O)c1cc(-c2cnc(-c3cccc(Cl)c3)s2)n2ccccc12. The summed E-state index contributed by atoms with van der Waals surface area (Å²) in [5, 5.41) is 10.9. The highest BCUT2D eigenvalue weighted by Gasteiger charge is 2.17. The van der Waals surface area contributed by atoms with E-state index in [9.17, 15) is 9.90 Å². The Morgan fingerprint density at radius 3 is 2.83 bits per heavy atom. The largest absolute Gasteiger partial charge is 0.478 e. The first-order valence-corrected chi connectivity index (χ1v) is 8.38. The topological polar surface area (TPSA) is 54.6 Å². The molecule has 24 heavy (non-hydrogen) atoms. The molecule has 0 fully saturated rings. The predicted octanol–water partition coefficient (Wildman–Crippen LogP) is 5.08. The van der Waals surface area contributed by atoms with Crippen molar-refractivity contribution in [3.8, 4) is 21.1 Å². The van der Waals surface area contributed by atoms with Gasteiger partial charge in [0.05, 0.1) is 21.7 Å². The van der Waals surface area contributed by atoms with Gasteiger partial charge in [-0.1, -0.05) is 29.8 Å². The minimum atomic E-state index is -0.940. The summed E-state index contributed by atoms with van der Waals surface area (Å²) in [6.07, 6.45) is 3.62. The van der Waals surface area contributed by atoms with Gasteiger partial charge in [0.25, 0.3) is 0 Å². The van der Waals surface area contributed by atoms with E-state index in [-0.39, 0.29) is 5.56 Å². The Morgan fingerprint density at radius 1 is 1.17 bits per heavy atom. The molecule has 0 unspecified atom stereocenters. The monoisotopic (exact) mass is 354 g/mol. The molecule has 0 amide bonds. The molecule has 0 radical (unpaired) electrons. The van der Waals surface area contributed by atoms with Crippen LogP contribution in [0.4, 0.5) is 0 Å². The number of fused-ring (bicyclic) bond motifs is 1. The zero-order chi connectivity index (χ0) is 16.7. The molecule has 4 aromatic rings. The second-order valence-electron chi connectivity index (χ2n) is 5.24. The van der Waals surface area contributed by atoms with Gasteiger partial charge in [0.2, 0.25) is 0 Å². The highest BCUT2D eigenvalue weighted by molar-refractivity contribution is 7.18. The van der Waals surface area contributed by atoms with E-state index in [0.717, 1.165) is 21.1 Å². The van der Waals surface area contributed by atoms with Gasteiger partial charge in [-0.05, 0) is 30.3 Å². The standard InChI is InChI=1S/C18H11ClN2O2S/c19-12-5-3-4-11(8-12)17-20-10-16(24-17)15-9-13(18(22)23)14-6-1-2-7-21(14)15/h1-10H,(H,22,23).